The number of carbonyl (C=O) groups is 1. The van der Waals surface area contributed by atoms with Crippen LogP contribution in [0.2, 0.25) is 0 Å². The van der Waals surface area contributed by atoms with Gasteiger partial charge in [0, 0.05) is 23.9 Å². The van der Waals surface area contributed by atoms with Crippen molar-refractivity contribution >= 4 is 11.6 Å². The van der Waals surface area contributed by atoms with Gasteiger partial charge in [0.15, 0.2) is 34.8 Å². The van der Waals surface area contributed by atoms with Crippen molar-refractivity contribution in [1.82, 2.24) is 9.78 Å². The number of halogens is 6. The number of carbonyl (C=O) groups excluding carboxylic acids is 1. The lowest BCUT2D eigenvalue weighted by Crippen LogP contribution is -2.11. The molecule has 2 aromatic heterocycles. The molecular weight excluding hydrogens is 468 g/mol. The van der Waals surface area contributed by atoms with E-state index >= 15 is 0 Å². The van der Waals surface area contributed by atoms with Crippen molar-refractivity contribution in [3.8, 4) is 5.75 Å². The maximum absolute atomic E-state index is 13.8. The van der Waals surface area contributed by atoms with E-state index in [0.29, 0.717) is 6.07 Å². The monoisotopic (exact) mass is 481 g/mol. The van der Waals surface area contributed by atoms with E-state index in [1.807, 2.05) is 0 Å². The maximum atomic E-state index is 13.8. The Balaban J connectivity index is 1.38. The molecule has 1 amide bonds. The quantitative estimate of drug-likeness (QED) is 0.224. The summed E-state index contributed by atoms with van der Waals surface area (Å²) in [5.41, 5.74) is -0.621. The molecule has 0 bridgehead atoms. The molecule has 2 aromatic carbocycles. The van der Waals surface area contributed by atoms with Crippen molar-refractivity contribution in [3.63, 3.8) is 0 Å². The van der Waals surface area contributed by atoms with Crippen molar-refractivity contribution < 1.29 is 40.3 Å². The number of hydrogen-bond donors (Lipinski definition) is 1. The zero-order valence-corrected chi connectivity index (χ0v) is 16.9. The van der Waals surface area contributed by atoms with Gasteiger partial charge in [-0.2, -0.15) is 5.10 Å². The summed E-state index contributed by atoms with van der Waals surface area (Å²) in [6.45, 7) is -0.800. The molecule has 34 heavy (non-hydrogen) atoms. The van der Waals surface area contributed by atoms with Crippen molar-refractivity contribution in [2.24, 2.45) is 0 Å². The summed E-state index contributed by atoms with van der Waals surface area (Å²) < 4.78 is 92.1. The minimum Gasteiger partial charge on any atom is -0.483 e. The number of ether oxygens (including phenoxy) is 1. The summed E-state index contributed by atoms with van der Waals surface area (Å²) in [6, 6.07) is 5.75. The number of anilines is 1. The predicted molar refractivity (Wildman–Crippen MR) is 105 cm³/mol. The SMILES string of the molecule is O=C(Nc1cnn(Cc2c(F)cc(F)c(F)c2F)c1)c1ccc(COc2ccc(F)cc2F)o1. The molecule has 0 spiro atoms. The van der Waals surface area contributed by atoms with Crippen LogP contribution < -0.4 is 10.1 Å². The Labute approximate surface area is 187 Å². The van der Waals surface area contributed by atoms with Crippen LogP contribution in [0, 0.1) is 34.9 Å². The molecule has 176 valence electrons. The van der Waals surface area contributed by atoms with Crippen LogP contribution in [0.4, 0.5) is 32.0 Å². The van der Waals surface area contributed by atoms with Gasteiger partial charge < -0.3 is 14.5 Å². The Morgan fingerprint density at radius 3 is 2.53 bits per heavy atom. The lowest BCUT2D eigenvalue weighted by atomic mass is 10.2. The predicted octanol–water partition coefficient (Wildman–Crippen LogP) is 5.19. The molecule has 0 saturated carbocycles. The van der Waals surface area contributed by atoms with E-state index in [1.165, 1.54) is 18.3 Å². The average molecular weight is 481 g/mol. The van der Waals surface area contributed by atoms with E-state index in [9.17, 15) is 31.1 Å². The highest BCUT2D eigenvalue weighted by Crippen LogP contribution is 2.22. The highest BCUT2D eigenvalue weighted by molar-refractivity contribution is 6.02. The largest absolute Gasteiger partial charge is 0.483 e. The second-order valence-corrected chi connectivity index (χ2v) is 6.96. The third-order valence-electron chi connectivity index (χ3n) is 4.57. The van der Waals surface area contributed by atoms with Crippen LogP contribution in [-0.4, -0.2) is 15.7 Å². The van der Waals surface area contributed by atoms with E-state index in [-0.39, 0.29) is 35.6 Å². The maximum Gasteiger partial charge on any atom is 0.291 e. The van der Waals surface area contributed by atoms with Crippen LogP contribution in [-0.2, 0) is 13.2 Å². The molecule has 0 radical (unpaired) electrons. The van der Waals surface area contributed by atoms with E-state index in [4.69, 9.17) is 9.15 Å². The fourth-order valence-electron chi connectivity index (χ4n) is 2.94. The Morgan fingerprint density at radius 1 is 0.971 bits per heavy atom. The Morgan fingerprint density at radius 2 is 1.76 bits per heavy atom. The molecule has 0 fully saturated rings. The molecule has 0 atom stereocenters. The van der Waals surface area contributed by atoms with Crippen molar-refractivity contribution in [2.45, 2.75) is 13.2 Å². The second-order valence-electron chi connectivity index (χ2n) is 6.96. The molecule has 0 unspecified atom stereocenters. The van der Waals surface area contributed by atoms with Crippen LogP contribution in [0.5, 0.6) is 5.75 Å². The van der Waals surface area contributed by atoms with E-state index in [0.717, 1.165) is 23.0 Å². The molecule has 2 heterocycles. The van der Waals surface area contributed by atoms with Crippen molar-refractivity contribution in [1.29, 1.82) is 0 Å². The van der Waals surface area contributed by atoms with E-state index in [2.05, 4.69) is 10.4 Å². The van der Waals surface area contributed by atoms with Crippen molar-refractivity contribution in [3.05, 3.63) is 101 Å². The Bertz CT molecular complexity index is 1370. The smallest absolute Gasteiger partial charge is 0.291 e. The van der Waals surface area contributed by atoms with Gasteiger partial charge in [0.2, 0.25) is 0 Å². The first-order chi connectivity index (χ1) is 16.2. The molecule has 0 saturated heterocycles. The highest BCUT2D eigenvalue weighted by Gasteiger charge is 2.20. The van der Waals surface area contributed by atoms with Crippen LogP contribution in [0.1, 0.15) is 21.9 Å². The minimum absolute atomic E-state index is 0.121. The lowest BCUT2D eigenvalue weighted by molar-refractivity contribution is 0.0992. The first-order valence-electron chi connectivity index (χ1n) is 9.53. The van der Waals surface area contributed by atoms with Gasteiger partial charge in [0.05, 0.1) is 18.4 Å². The third-order valence-corrected chi connectivity index (χ3v) is 4.57. The molecule has 0 aliphatic heterocycles. The normalized spacial score (nSPS) is 11.0. The van der Waals surface area contributed by atoms with Gasteiger partial charge in [-0.3, -0.25) is 9.48 Å². The van der Waals surface area contributed by atoms with Gasteiger partial charge in [0.1, 0.15) is 24.0 Å². The van der Waals surface area contributed by atoms with Crippen LogP contribution >= 0.6 is 0 Å². The van der Waals surface area contributed by atoms with Gasteiger partial charge in [-0.25, -0.2) is 26.3 Å². The van der Waals surface area contributed by atoms with Gasteiger partial charge in [-0.1, -0.05) is 0 Å². The fourth-order valence-corrected chi connectivity index (χ4v) is 2.94. The number of furan rings is 1. The molecule has 12 heteroatoms. The topological polar surface area (TPSA) is 69.3 Å². The lowest BCUT2D eigenvalue weighted by Gasteiger charge is -2.07. The number of nitrogens with one attached hydrogen (secondary N) is 1. The van der Waals surface area contributed by atoms with Crippen LogP contribution in [0.25, 0.3) is 0 Å². The number of benzene rings is 2. The second kappa shape index (κ2) is 9.33. The molecule has 6 nitrogen and oxygen atoms in total. The summed E-state index contributed by atoms with van der Waals surface area (Å²) in [4.78, 5) is 12.4. The Kier molecular flexibility index (Phi) is 6.30. The fraction of sp³-hybridized carbons (Fsp3) is 0.0909. The van der Waals surface area contributed by atoms with Crippen LogP contribution in [0.3, 0.4) is 0 Å². The standard InChI is InChI=1S/C22H13F6N3O3/c23-11-1-3-18(16(25)5-11)33-10-13-2-4-19(34-13)22(32)30-12-7-29-31(8-12)9-14-15(24)6-17(26)21(28)20(14)27/h1-8H,9-10H2,(H,30,32). The van der Waals surface area contributed by atoms with Gasteiger partial charge in [-0.15, -0.1) is 0 Å². The summed E-state index contributed by atoms with van der Waals surface area (Å²) >= 11 is 0. The van der Waals surface area contributed by atoms with Gasteiger partial charge in [-0.05, 0) is 24.3 Å². The first-order valence-corrected chi connectivity index (χ1v) is 9.53. The zero-order valence-electron chi connectivity index (χ0n) is 16.9. The number of hydrogen-bond acceptors (Lipinski definition) is 4. The minimum atomic E-state index is -1.81. The molecule has 0 aliphatic rings. The van der Waals surface area contributed by atoms with Crippen LogP contribution in [0.15, 0.2) is 53.2 Å². The number of nitrogens with zero attached hydrogens (tertiary/aromatic N) is 2. The average Bonchev–Trinajstić information content (AvgIpc) is 3.44. The summed E-state index contributed by atoms with van der Waals surface area (Å²) in [5.74, 6) is -8.95. The summed E-state index contributed by atoms with van der Waals surface area (Å²) in [5, 5.41) is 6.25. The Hall–Kier alpha value is -4.22. The number of rotatable bonds is 7. The van der Waals surface area contributed by atoms with E-state index < -0.39 is 52.9 Å². The van der Waals surface area contributed by atoms with E-state index in [1.54, 1.807) is 0 Å². The van der Waals surface area contributed by atoms with Gasteiger partial charge >= 0.3 is 0 Å². The molecule has 4 rings (SSSR count). The molecular formula is C22H13F6N3O3. The highest BCUT2D eigenvalue weighted by atomic mass is 19.2. The molecule has 0 aliphatic carbocycles. The summed E-state index contributed by atoms with van der Waals surface area (Å²) in [6.07, 6.45) is 2.38. The van der Waals surface area contributed by atoms with Crippen molar-refractivity contribution in [2.75, 3.05) is 5.32 Å². The third kappa shape index (κ3) is 4.90. The first kappa shape index (κ1) is 23.0. The number of amides is 1. The number of aromatic nitrogens is 2. The molecule has 4 aromatic rings. The summed E-state index contributed by atoms with van der Waals surface area (Å²) in [7, 11) is 0. The van der Waals surface area contributed by atoms with Gasteiger partial charge in [0.25, 0.3) is 5.91 Å². The zero-order chi connectivity index (χ0) is 24.4. The molecule has 1 N–H and O–H groups in total.